The van der Waals surface area contributed by atoms with Crippen LogP contribution in [0.15, 0.2) is 53.4 Å². The predicted octanol–water partition coefficient (Wildman–Crippen LogP) is 2.15. The van der Waals surface area contributed by atoms with E-state index in [0.29, 0.717) is 19.6 Å². The van der Waals surface area contributed by atoms with E-state index in [1.54, 1.807) is 0 Å². The Morgan fingerprint density at radius 2 is 1.93 bits per heavy atom. The van der Waals surface area contributed by atoms with Crippen LogP contribution in [0.25, 0.3) is 0 Å². The van der Waals surface area contributed by atoms with Crippen LogP contribution in [0.3, 0.4) is 0 Å². The molecule has 0 aliphatic carbocycles. The molecule has 6 nitrogen and oxygen atoms in total. The van der Waals surface area contributed by atoms with Gasteiger partial charge in [-0.2, -0.15) is 4.31 Å². The number of nitrogens with one attached hydrogen (secondary N) is 1. The molecule has 2 aromatic carbocycles. The van der Waals surface area contributed by atoms with Gasteiger partial charge < -0.3 is 11.1 Å². The van der Waals surface area contributed by atoms with Crippen LogP contribution in [0.4, 0.5) is 10.1 Å². The highest BCUT2D eigenvalue weighted by Gasteiger charge is 2.39. The quantitative estimate of drug-likeness (QED) is 0.817. The zero-order valence-corrected chi connectivity index (χ0v) is 15.7. The molecule has 1 fully saturated rings. The normalized spacial score (nSPS) is 20.6. The molecule has 2 aromatic rings. The van der Waals surface area contributed by atoms with E-state index in [0.717, 1.165) is 17.7 Å². The van der Waals surface area contributed by atoms with Crippen molar-refractivity contribution in [2.24, 2.45) is 11.7 Å². The smallest absolute Gasteiger partial charge is 0.243 e. The molecule has 144 valence electrons. The Morgan fingerprint density at radius 1 is 1.22 bits per heavy atom. The fourth-order valence-corrected chi connectivity index (χ4v) is 4.99. The van der Waals surface area contributed by atoms with Crippen LogP contribution in [-0.2, 0) is 14.8 Å². The van der Waals surface area contributed by atoms with Gasteiger partial charge in [0.15, 0.2) is 0 Å². The summed E-state index contributed by atoms with van der Waals surface area (Å²) in [5.41, 5.74) is 6.78. The molecule has 1 heterocycles. The van der Waals surface area contributed by atoms with E-state index in [9.17, 15) is 17.6 Å². The predicted molar refractivity (Wildman–Crippen MR) is 101 cm³/mol. The molecule has 8 heteroatoms. The van der Waals surface area contributed by atoms with Crippen LogP contribution in [-0.4, -0.2) is 38.3 Å². The van der Waals surface area contributed by atoms with E-state index >= 15 is 0 Å². The van der Waals surface area contributed by atoms with E-state index in [-0.39, 0.29) is 22.4 Å². The molecule has 1 aliphatic rings. The molecular weight excluding hydrogens is 369 g/mol. The van der Waals surface area contributed by atoms with Crippen molar-refractivity contribution in [1.29, 1.82) is 0 Å². The van der Waals surface area contributed by atoms with Crippen molar-refractivity contribution in [3.05, 3.63) is 59.9 Å². The number of benzene rings is 2. The fourth-order valence-electron chi connectivity index (χ4n) is 3.44. The third-order valence-electron chi connectivity index (χ3n) is 4.82. The number of nitrogens with zero attached hydrogens (tertiary/aromatic N) is 1. The van der Waals surface area contributed by atoms with E-state index in [4.69, 9.17) is 5.73 Å². The first-order chi connectivity index (χ1) is 12.8. The summed E-state index contributed by atoms with van der Waals surface area (Å²) < 4.78 is 41.4. The van der Waals surface area contributed by atoms with Gasteiger partial charge in [0, 0.05) is 25.9 Å². The Hall–Kier alpha value is -2.29. The Labute approximate surface area is 158 Å². The molecule has 3 N–H and O–H groups in total. The first-order valence-electron chi connectivity index (χ1n) is 8.65. The summed E-state index contributed by atoms with van der Waals surface area (Å²) in [7, 11) is -3.84. The number of nitrogens with two attached hydrogens (primary N) is 1. The van der Waals surface area contributed by atoms with Gasteiger partial charge in [0.1, 0.15) is 5.82 Å². The zero-order valence-electron chi connectivity index (χ0n) is 14.9. The van der Waals surface area contributed by atoms with Crippen LogP contribution in [0, 0.1) is 11.7 Å². The maximum absolute atomic E-state index is 13.9. The summed E-state index contributed by atoms with van der Waals surface area (Å²) in [6.07, 6.45) is 0. The third-order valence-corrected chi connectivity index (χ3v) is 6.65. The number of anilines is 1. The minimum Gasteiger partial charge on any atom is -0.330 e. The van der Waals surface area contributed by atoms with Crippen molar-refractivity contribution >= 4 is 21.6 Å². The topological polar surface area (TPSA) is 92.5 Å². The molecule has 2 atom stereocenters. The molecule has 0 saturated carbocycles. The monoisotopic (exact) mass is 391 g/mol. The van der Waals surface area contributed by atoms with E-state index in [1.807, 2.05) is 30.3 Å². The summed E-state index contributed by atoms with van der Waals surface area (Å²) in [6, 6.07) is 13.1. The average Bonchev–Trinajstić information content (AvgIpc) is 3.09. The number of carbonyl (C=O) groups excluding carboxylic acids is 1. The molecular formula is C19H22FN3O3S. The number of halogens is 1. The minimum atomic E-state index is -3.84. The lowest BCUT2D eigenvalue weighted by atomic mass is 9.89. The molecule has 0 bridgehead atoms. The lowest BCUT2D eigenvalue weighted by molar-refractivity contribution is -0.114. The number of carbonyl (C=O) groups is 1. The molecule has 0 spiro atoms. The van der Waals surface area contributed by atoms with Gasteiger partial charge in [-0.05, 0) is 36.2 Å². The van der Waals surface area contributed by atoms with Crippen LogP contribution >= 0.6 is 0 Å². The van der Waals surface area contributed by atoms with E-state index in [1.165, 1.54) is 17.3 Å². The summed E-state index contributed by atoms with van der Waals surface area (Å²) in [6.45, 7) is 2.20. The molecule has 1 saturated heterocycles. The van der Waals surface area contributed by atoms with Gasteiger partial charge in [-0.1, -0.05) is 30.3 Å². The van der Waals surface area contributed by atoms with Gasteiger partial charge >= 0.3 is 0 Å². The Bertz CT molecular complexity index is 934. The Morgan fingerprint density at radius 3 is 2.56 bits per heavy atom. The number of hydrogen-bond donors (Lipinski definition) is 2. The number of amides is 1. The zero-order chi connectivity index (χ0) is 19.6. The average molecular weight is 391 g/mol. The largest absolute Gasteiger partial charge is 0.330 e. The second-order valence-electron chi connectivity index (χ2n) is 6.66. The molecule has 0 radical (unpaired) electrons. The molecule has 0 unspecified atom stereocenters. The lowest BCUT2D eigenvalue weighted by Gasteiger charge is -2.17. The fraction of sp³-hybridized carbons (Fsp3) is 0.316. The van der Waals surface area contributed by atoms with Crippen LogP contribution in [0.1, 0.15) is 18.4 Å². The van der Waals surface area contributed by atoms with Gasteiger partial charge in [0.05, 0.1) is 10.6 Å². The summed E-state index contributed by atoms with van der Waals surface area (Å²) in [5.74, 6) is -1.16. The van der Waals surface area contributed by atoms with Crippen LogP contribution in [0.2, 0.25) is 0 Å². The summed E-state index contributed by atoms with van der Waals surface area (Å²) in [4.78, 5) is 11.2. The second kappa shape index (κ2) is 7.75. The summed E-state index contributed by atoms with van der Waals surface area (Å²) >= 11 is 0. The van der Waals surface area contributed by atoms with Crippen molar-refractivity contribution in [1.82, 2.24) is 4.31 Å². The molecule has 27 heavy (non-hydrogen) atoms. The molecule has 1 aliphatic heterocycles. The van der Waals surface area contributed by atoms with Gasteiger partial charge in [-0.25, -0.2) is 12.8 Å². The SMILES string of the molecule is CC(=O)Nc1cc(S(=O)(=O)N2C[C@@H](CN)[C@H](c3ccccc3)C2)ccc1F. The highest BCUT2D eigenvalue weighted by atomic mass is 32.2. The van der Waals surface area contributed by atoms with Crippen LogP contribution < -0.4 is 11.1 Å². The highest BCUT2D eigenvalue weighted by molar-refractivity contribution is 7.89. The van der Waals surface area contributed by atoms with Crippen molar-refractivity contribution in [3.63, 3.8) is 0 Å². The Balaban J connectivity index is 1.90. The Kier molecular flexibility index (Phi) is 5.59. The number of sulfonamides is 1. The molecule has 0 aromatic heterocycles. The van der Waals surface area contributed by atoms with Crippen LogP contribution in [0.5, 0.6) is 0 Å². The maximum atomic E-state index is 13.9. The first kappa shape index (κ1) is 19.5. The maximum Gasteiger partial charge on any atom is 0.243 e. The number of rotatable bonds is 5. The minimum absolute atomic E-state index is 0.00115. The van der Waals surface area contributed by atoms with Gasteiger partial charge in [-0.15, -0.1) is 0 Å². The van der Waals surface area contributed by atoms with Crippen molar-refractivity contribution < 1.29 is 17.6 Å². The van der Waals surface area contributed by atoms with Gasteiger partial charge in [-0.3, -0.25) is 4.79 Å². The van der Waals surface area contributed by atoms with Gasteiger partial charge in [0.25, 0.3) is 0 Å². The highest BCUT2D eigenvalue weighted by Crippen LogP contribution is 2.35. The van der Waals surface area contributed by atoms with Crippen molar-refractivity contribution in [2.75, 3.05) is 25.0 Å². The molecule has 1 amide bonds. The van der Waals surface area contributed by atoms with Gasteiger partial charge in [0.2, 0.25) is 15.9 Å². The third kappa shape index (κ3) is 4.02. The van der Waals surface area contributed by atoms with E-state index in [2.05, 4.69) is 5.32 Å². The van der Waals surface area contributed by atoms with E-state index < -0.39 is 21.7 Å². The second-order valence-corrected chi connectivity index (χ2v) is 8.60. The number of hydrogen-bond acceptors (Lipinski definition) is 4. The summed E-state index contributed by atoms with van der Waals surface area (Å²) in [5, 5.41) is 2.31. The van der Waals surface area contributed by atoms with Crippen molar-refractivity contribution in [3.8, 4) is 0 Å². The first-order valence-corrected chi connectivity index (χ1v) is 10.1. The lowest BCUT2D eigenvalue weighted by Crippen LogP contribution is -2.30. The van der Waals surface area contributed by atoms with Crippen molar-refractivity contribution in [2.45, 2.75) is 17.7 Å². The molecule has 3 rings (SSSR count). The standard InChI is InChI=1S/C19H22FN3O3S/c1-13(24)22-19-9-16(7-8-18(19)20)27(25,26)23-11-15(10-21)17(12-23)14-5-3-2-4-6-14/h2-9,15,17H,10-12,21H2,1H3,(H,22,24)/t15-,17+/m1/s1.